The van der Waals surface area contributed by atoms with Crippen molar-refractivity contribution in [3.63, 3.8) is 0 Å². The average Bonchev–Trinajstić information content (AvgIpc) is 3.23. The van der Waals surface area contributed by atoms with Crippen molar-refractivity contribution in [2.45, 2.75) is 18.5 Å². The number of hydrogen-bond donors (Lipinski definition) is 3. The first-order valence-corrected chi connectivity index (χ1v) is 10.1. The van der Waals surface area contributed by atoms with Gasteiger partial charge in [-0.1, -0.05) is 12.1 Å². The molecule has 2 heterocycles. The summed E-state index contributed by atoms with van der Waals surface area (Å²) >= 11 is 1.33. The Morgan fingerprint density at radius 2 is 2.03 bits per heavy atom. The predicted molar refractivity (Wildman–Crippen MR) is 114 cm³/mol. The molecule has 1 aliphatic rings. The van der Waals surface area contributed by atoms with Crippen LogP contribution < -0.4 is 15.4 Å². The van der Waals surface area contributed by atoms with Gasteiger partial charge in [0.2, 0.25) is 0 Å². The number of thiophene rings is 1. The molecule has 1 aromatic carbocycles. The molecule has 0 saturated carbocycles. The normalized spacial score (nSPS) is 16.7. The van der Waals surface area contributed by atoms with Crippen LogP contribution in [0.1, 0.15) is 17.3 Å². The Kier molecular flexibility index (Phi) is 6.71. The van der Waals surface area contributed by atoms with Crippen molar-refractivity contribution in [3.05, 3.63) is 53.6 Å². The van der Waals surface area contributed by atoms with Gasteiger partial charge in [-0.15, -0.1) is 11.3 Å². The van der Waals surface area contributed by atoms with Crippen LogP contribution in [0, 0.1) is 0 Å². The molecule has 3 N–H and O–H groups in total. The second kappa shape index (κ2) is 9.43. The average molecular weight is 443 g/mol. The molecule has 2 unspecified atom stereocenters. The largest absolute Gasteiger partial charge is 0.497 e. The summed E-state index contributed by atoms with van der Waals surface area (Å²) in [5.41, 5.74) is 0.891. The summed E-state index contributed by atoms with van der Waals surface area (Å²) in [4.78, 5) is 50.6. The molecule has 31 heavy (non-hydrogen) atoms. The summed E-state index contributed by atoms with van der Waals surface area (Å²) in [7, 11) is 3.04. The van der Waals surface area contributed by atoms with E-state index in [2.05, 4.69) is 10.6 Å². The second-order valence-corrected chi connectivity index (χ2v) is 7.92. The van der Waals surface area contributed by atoms with E-state index in [1.807, 2.05) is 30.3 Å². The van der Waals surface area contributed by atoms with E-state index in [4.69, 9.17) is 4.74 Å². The molecule has 0 aliphatic carbocycles. The number of benzene rings is 1. The first-order chi connectivity index (χ1) is 14.8. The van der Waals surface area contributed by atoms with Crippen molar-refractivity contribution in [1.82, 2.24) is 15.5 Å². The van der Waals surface area contributed by atoms with Gasteiger partial charge < -0.3 is 25.4 Å². The third-order valence-corrected chi connectivity index (χ3v) is 5.87. The molecular formula is C21H21N3O6S. The highest BCUT2D eigenvalue weighted by atomic mass is 32.1. The van der Waals surface area contributed by atoms with E-state index in [0.29, 0.717) is 10.6 Å². The van der Waals surface area contributed by atoms with Crippen LogP contribution in [0.5, 0.6) is 5.75 Å². The van der Waals surface area contributed by atoms with Crippen molar-refractivity contribution in [2.75, 3.05) is 14.2 Å². The van der Waals surface area contributed by atoms with Crippen LogP contribution in [0.4, 0.5) is 4.79 Å². The fourth-order valence-electron chi connectivity index (χ4n) is 3.01. The highest BCUT2D eigenvalue weighted by Gasteiger charge is 2.32. The molecule has 9 nitrogen and oxygen atoms in total. The number of amides is 3. The molecule has 3 rings (SSSR count). The number of ether oxygens (including phenoxy) is 1. The second-order valence-electron chi connectivity index (χ2n) is 6.80. The highest BCUT2D eigenvalue weighted by molar-refractivity contribution is 7.15. The number of nitrogens with zero attached hydrogens (tertiary/aromatic N) is 1. The monoisotopic (exact) mass is 443 g/mol. The molecular weight excluding hydrogens is 422 g/mol. The van der Waals surface area contributed by atoms with E-state index >= 15 is 0 Å². The Balaban J connectivity index is 1.76. The van der Waals surface area contributed by atoms with E-state index in [-0.39, 0.29) is 6.42 Å². The molecule has 1 aromatic heterocycles. The van der Waals surface area contributed by atoms with Gasteiger partial charge in [-0.2, -0.15) is 0 Å². The Labute approximate surface area is 182 Å². The predicted octanol–water partition coefficient (Wildman–Crippen LogP) is 2.16. The molecule has 0 bridgehead atoms. The SMILES string of the molecule is COc1cccc(-c2ccc(C(CC(=O)O)NC(=O)NC3C(=O)C=CN(C)C3=O)s2)c1. The minimum atomic E-state index is -1.35. The molecule has 1 aliphatic heterocycles. The summed E-state index contributed by atoms with van der Waals surface area (Å²) in [6.07, 6.45) is 2.15. The van der Waals surface area contributed by atoms with Crippen molar-refractivity contribution >= 4 is 35.0 Å². The number of aliphatic carboxylic acids is 1. The molecule has 0 saturated heterocycles. The number of likely N-dealkylation sites (N-methyl/N-ethyl adjacent to an activating group) is 1. The summed E-state index contributed by atoms with van der Waals surface area (Å²) in [6.45, 7) is 0. The number of nitrogens with one attached hydrogen (secondary N) is 2. The van der Waals surface area contributed by atoms with Crippen molar-refractivity contribution < 1.29 is 29.0 Å². The lowest BCUT2D eigenvalue weighted by atomic mass is 10.1. The zero-order valence-electron chi connectivity index (χ0n) is 16.8. The summed E-state index contributed by atoms with van der Waals surface area (Å²) in [6, 6.07) is 7.98. The number of carboxylic acid groups (broad SMARTS) is 1. The number of urea groups is 1. The smallest absolute Gasteiger partial charge is 0.316 e. The van der Waals surface area contributed by atoms with Crippen LogP contribution in [-0.4, -0.2) is 53.9 Å². The Bertz CT molecular complexity index is 1050. The minimum absolute atomic E-state index is 0.363. The van der Waals surface area contributed by atoms with Gasteiger partial charge in [0.15, 0.2) is 11.8 Å². The van der Waals surface area contributed by atoms with E-state index in [0.717, 1.165) is 10.4 Å². The summed E-state index contributed by atoms with van der Waals surface area (Å²) in [5, 5.41) is 14.2. The van der Waals surface area contributed by atoms with Gasteiger partial charge in [0, 0.05) is 29.1 Å². The van der Waals surface area contributed by atoms with Crippen molar-refractivity contribution in [3.8, 4) is 16.2 Å². The minimum Gasteiger partial charge on any atom is -0.497 e. The van der Waals surface area contributed by atoms with E-state index in [1.54, 1.807) is 13.2 Å². The molecule has 0 fully saturated rings. The summed E-state index contributed by atoms with van der Waals surface area (Å²) < 4.78 is 5.23. The first-order valence-electron chi connectivity index (χ1n) is 9.30. The maximum absolute atomic E-state index is 12.5. The maximum Gasteiger partial charge on any atom is 0.316 e. The third-order valence-electron chi connectivity index (χ3n) is 4.63. The van der Waals surface area contributed by atoms with Crippen molar-refractivity contribution in [1.29, 1.82) is 0 Å². The quantitative estimate of drug-likeness (QED) is 0.563. The number of rotatable bonds is 7. The van der Waals surface area contributed by atoms with Gasteiger partial charge in [-0.3, -0.25) is 14.4 Å². The van der Waals surface area contributed by atoms with Gasteiger partial charge in [-0.25, -0.2) is 4.79 Å². The van der Waals surface area contributed by atoms with Crippen LogP contribution in [0.2, 0.25) is 0 Å². The number of carboxylic acids is 1. The number of carbonyl (C=O) groups excluding carboxylic acids is 3. The van der Waals surface area contributed by atoms with E-state index in [9.17, 15) is 24.3 Å². The number of carbonyl (C=O) groups is 4. The Morgan fingerprint density at radius 3 is 2.74 bits per heavy atom. The standard InChI is InChI=1S/C21H21N3O6S/c1-24-9-8-15(25)19(20(24)28)23-21(29)22-14(11-18(26)27)17-7-6-16(31-17)12-4-3-5-13(10-12)30-2/h3-10,14,19H,11H2,1-2H3,(H,26,27)(H2,22,23,29). The fraction of sp³-hybridized carbons (Fsp3) is 0.238. The van der Waals surface area contributed by atoms with E-state index < -0.39 is 35.8 Å². The van der Waals surface area contributed by atoms with Gasteiger partial charge in [0.1, 0.15) is 5.75 Å². The van der Waals surface area contributed by atoms with Crippen LogP contribution in [-0.2, 0) is 14.4 Å². The molecule has 2 aromatic rings. The van der Waals surface area contributed by atoms with Gasteiger partial charge >= 0.3 is 12.0 Å². The fourth-order valence-corrected chi connectivity index (χ4v) is 4.07. The number of ketones is 1. The van der Waals surface area contributed by atoms with Gasteiger partial charge in [-0.05, 0) is 29.8 Å². The lowest BCUT2D eigenvalue weighted by Gasteiger charge is -2.25. The molecule has 10 heteroatoms. The van der Waals surface area contributed by atoms with E-state index in [1.165, 1.54) is 35.6 Å². The zero-order valence-corrected chi connectivity index (χ0v) is 17.6. The lowest BCUT2D eigenvalue weighted by molar-refractivity contribution is -0.138. The first kappa shape index (κ1) is 22.0. The number of methoxy groups -OCH3 is 1. The van der Waals surface area contributed by atoms with Gasteiger partial charge in [0.25, 0.3) is 5.91 Å². The Morgan fingerprint density at radius 1 is 1.26 bits per heavy atom. The van der Waals surface area contributed by atoms with Gasteiger partial charge in [0.05, 0.1) is 19.6 Å². The molecule has 162 valence electrons. The molecule has 3 amide bonds. The molecule has 0 spiro atoms. The number of hydrogen-bond acceptors (Lipinski definition) is 6. The van der Waals surface area contributed by atoms with Crippen LogP contribution in [0.15, 0.2) is 48.7 Å². The highest BCUT2D eigenvalue weighted by Crippen LogP contribution is 2.34. The summed E-state index contributed by atoms with van der Waals surface area (Å²) in [5.74, 6) is -1.54. The maximum atomic E-state index is 12.5. The van der Waals surface area contributed by atoms with Crippen molar-refractivity contribution in [2.24, 2.45) is 0 Å². The van der Waals surface area contributed by atoms with Crippen LogP contribution in [0.3, 0.4) is 0 Å². The topological polar surface area (TPSA) is 125 Å². The van der Waals surface area contributed by atoms with Crippen LogP contribution in [0.25, 0.3) is 10.4 Å². The molecule has 2 atom stereocenters. The van der Waals surface area contributed by atoms with Crippen LogP contribution >= 0.6 is 11.3 Å². The zero-order chi connectivity index (χ0) is 22.5. The Hall–Kier alpha value is -3.66. The lowest BCUT2D eigenvalue weighted by Crippen LogP contribution is -2.55. The third kappa shape index (κ3) is 5.28. The molecule has 0 radical (unpaired) electrons.